The van der Waals surface area contributed by atoms with Crippen molar-refractivity contribution in [2.75, 3.05) is 0 Å². The Bertz CT molecular complexity index is 467. The number of carbonyl (C=O) groups is 2. The highest BCUT2D eigenvalue weighted by Crippen LogP contribution is 2.38. The average Bonchev–Trinajstić information content (AvgIpc) is 2.82. The van der Waals surface area contributed by atoms with E-state index in [1.165, 1.54) is 0 Å². The first-order chi connectivity index (χ1) is 12.0. The van der Waals surface area contributed by atoms with Crippen molar-refractivity contribution in [2.45, 2.75) is 77.7 Å². The molecule has 1 saturated carbocycles. The third kappa shape index (κ3) is 8.48. The van der Waals surface area contributed by atoms with E-state index in [1.807, 2.05) is 18.2 Å². The molecular weight excluding hydrogens is 316 g/mol. The van der Waals surface area contributed by atoms with E-state index in [9.17, 15) is 14.7 Å². The number of aliphatic hydroxyl groups excluding tert-OH is 1. The van der Waals surface area contributed by atoms with Crippen LogP contribution in [0.5, 0.6) is 0 Å². The highest BCUT2D eigenvalue weighted by molar-refractivity contribution is 5.84. The predicted molar refractivity (Wildman–Crippen MR) is 100 cm³/mol. The molecule has 0 amide bonds. The van der Waals surface area contributed by atoms with E-state index in [2.05, 4.69) is 19.9 Å². The number of aliphatic hydroxyl groups is 1. The molecule has 0 bridgehead atoms. The normalized spacial score (nSPS) is 25.2. The van der Waals surface area contributed by atoms with E-state index < -0.39 is 12.1 Å². The molecule has 1 aliphatic carbocycles. The van der Waals surface area contributed by atoms with Gasteiger partial charge in [-0.15, -0.1) is 0 Å². The van der Waals surface area contributed by atoms with Crippen LogP contribution >= 0.6 is 0 Å². The summed E-state index contributed by atoms with van der Waals surface area (Å²) in [6, 6.07) is 0. The van der Waals surface area contributed by atoms with Crippen LogP contribution in [-0.2, 0) is 9.59 Å². The molecule has 0 aromatic rings. The lowest BCUT2D eigenvalue weighted by Gasteiger charge is -2.18. The van der Waals surface area contributed by atoms with Gasteiger partial charge in [0.2, 0.25) is 0 Å². The van der Waals surface area contributed by atoms with Gasteiger partial charge in [-0.05, 0) is 37.5 Å². The van der Waals surface area contributed by atoms with E-state index in [0.29, 0.717) is 31.0 Å². The van der Waals surface area contributed by atoms with Crippen LogP contribution < -0.4 is 0 Å². The molecule has 1 rings (SSSR count). The molecule has 0 aliphatic heterocycles. The van der Waals surface area contributed by atoms with Gasteiger partial charge in [0.1, 0.15) is 5.78 Å². The zero-order chi connectivity index (χ0) is 18.7. The standard InChI is InChI=1S/C21H34O4/c1-3-4-7-10-17(22)13-14-18-16(2)15-20(23)19(18)11-8-5-6-9-12-21(24)25/h4,7,13-14,16-19,22H,3,5-6,8-12,15H2,1-2H3,(H,24,25)/b7-4-,14-13+. The second-order valence-corrected chi connectivity index (χ2v) is 7.25. The first-order valence-electron chi connectivity index (χ1n) is 9.71. The van der Waals surface area contributed by atoms with Crippen LogP contribution in [0.25, 0.3) is 0 Å². The van der Waals surface area contributed by atoms with Gasteiger partial charge in [-0.3, -0.25) is 9.59 Å². The lowest BCUT2D eigenvalue weighted by atomic mass is 9.86. The van der Waals surface area contributed by atoms with Crippen molar-refractivity contribution < 1.29 is 19.8 Å². The number of carboxylic acid groups (broad SMARTS) is 1. The van der Waals surface area contributed by atoms with E-state index in [4.69, 9.17) is 5.11 Å². The lowest BCUT2D eigenvalue weighted by Crippen LogP contribution is -2.16. The fraction of sp³-hybridized carbons (Fsp3) is 0.714. The zero-order valence-electron chi connectivity index (χ0n) is 15.7. The van der Waals surface area contributed by atoms with Gasteiger partial charge in [0.15, 0.2) is 0 Å². The monoisotopic (exact) mass is 350 g/mol. The summed E-state index contributed by atoms with van der Waals surface area (Å²) in [5, 5.41) is 18.7. The number of unbranched alkanes of at least 4 members (excludes halogenated alkanes) is 3. The van der Waals surface area contributed by atoms with Crippen molar-refractivity contribution in [3.05, 3.63) is 24.3 Å². The molecule has 1 aliphatic rings. The number of rotatable bonds is 12. The van der Waals surface area contributed by atoms with Crippen molar-refractivity contribution in [3.8, 4) is 0 Å². The van der Waals surface area contributed by atoms with E-state index >= 15 is 0 Å². The Labute approximate surface area is 152 Å². The number of hydrogen-bond acceptors (Lipinski definition) is 3. The molecule has 0 heterocycles. The summed E-state index contributed by atoms with van der Waals surface area (Å²) >= 11 is 0. The molecule has 142 valence electrons. The minimum atomic E-state index is -0.739. The third-order valence-corrected chi connectivity index (χ3v) is 5.05. The molecule has 1 fully saturated rings. The first-order valence-corrected chi connectivity index (χ1v) is 9.71. The molecule has 4 unspecified atom stereocenters. The average molecular weight is 350 g/mol. The summed E-state index contributed by atoms with van der Waals surface area (Å²) in [6.07, 6.45) is 14.3. The molecule has 0 aromatic heterocycles. The maximum absolute atomic E-state index is 12.3. The van der Waals surface area contributed by atoms with Crippen LogP contribution in [0.4, 0.5) is 0 Å². The quantitative estimate of drug-likeness (QED) is 0.401. The molecule has 0 radical (unpaired) electrons. The van der Waals surface area contributed by atoms with E-state index in [-0.39, 0.29) is 18.3 Å². The van der Waals surface area contributed by atoms with Crippen molar-refractivity contribution >= 4 is 11.8 Å². The fourth-order valence-electron chi connectivity index (χ4n) is 3.62. The van der Waals surface area contributed by atoms with Crippen LogP contribution in [-0.4, -0.2) is 28.1 Å². The molecule has 25 heavy (non-hydrogen) atoms. The Balaban J connectivity index is 2.43. The summed E-state index contributed by atoms with van der Waals surface area (Å²) in [7, 11) is 0. The number of carboxylic acids is 1. The van der Waals surface area contributed by atoms with Crippen LogP contribution in [0.15, 0.2) is 24.3 Å². The zero-order valence-corrected chi connectivity index (χ0v) is 15.7. The van der Waals surface area contributed by atoms with Gasteiger partial charge in [0, 0.05) is 18.8 Å². The van der Waals surface area contributed by atoms with Gasteiger partial charge in [-0.2, -0.15) is 0 Å². The fourth-order valence-corrected chi connectivity index (χ4v) is 3.62. The molecule has 4 heteroatoms. The topological polar surface area (TPSA) is 74.6 Å². The van der Waals surface area contributed by atoms with Crippen LogP contribution in [0.1, 0.15) is 71.6 Å². The van der Waals surface area contributed by atoms with Crippen LogP contribution in [0.3, 0.4) is 0 Å². The van der Waals surface area contributed by atoms with Crippen molar-refractivity contribution in [3.63, 3.8) is 0 Å². The second kappa shape index (κ2) is 12.0. The maximum Gasteiger partial charge on any atom is 0.303 e. The number of allylic oxidation sites excluding steroid dienone is 2. The predicted octanol–water partition coefficient (Wildman–Crippen LogP) is 4.53. The Morgan fingerprint density at radius 2 is 1.96 bits per heavy atom. The summed E-state index contributed by atoms with van der Waals surface area (Å²) in [5.41, 5.74) is 0. The molecule has 0 saturated heterocycles. The Morgan fingerprint density at radius 1 is 1.24 bits per heavy atom. The molecule has 2 N–H and O–H groups in total. The van der Waals surface area contributed by atoms with Gasteiger partial charge < -0.3 is 10.2 Å². The van der Waals surface area contributed by atoms with Gasteiger partial charge in [0.25, 0.3) is 0 Å². The highest BCUT2D eigenvalue weighted by atomic mass is 16.4. The summed E-state index contributed by atoms with van der Waals surface area (Å²) in [6.45, 7) is 4.18. The minimum Gasteiger partial charge on any atom is -0.481 e. The molecular formula is C21H34O4. The highest BCUT2D eigenvalue weighted by Gasteiger charge is 2.37. The smallest absolute Gasteiger partial charge is 0.303 e. The first kappa shape index (κ1) is 21.6. The minimum absolute atomic E-state index is 0.0594. The van der Waals surface area contributed by atoms with Gasteiger partial charge >= 0.3 is 5.97 Å². The van der Waals surface area contributed by atoms with Crippen molar-refractivity contribution in [1.29, 1.82) is 0 Å². The number of Topliss-reactive ketones (excluding diaryl/α,β-unsaturated/α-hetero) is 1. The van der Waals surface area contributed by atoms with Crippen molar-refractivity contribution in [2.24, 2.45) is 17.8 Å². The summed E-state index contributed by atoms with van der Waals surface area (Å²) in [5.74, 6) is 0.213. The Hall–Kier alpha value is -1.42. The largest absolute Gasteiger partial charge is 0.481 e. The number of aliphatic carboxylic acids is 1. The van der Waals surface area contributed by atoms with Gasteiger partial charge in [-0.25, -0.2) is 0 Å². The molecule has 0 spiro atoms. The van der Waals surface area contributed by atoms with Crippen LogP contribution in [0, 0.1) is 17.8 Å². The third-order valence-electron chi connectivity index (χ3n) is 5.05. The Kier molecular flexibility index (Phi) is 10.4. The maximum atomic E-state index is 12.3. The summed E-state index contributed by atoms with van der Waals surface area (Å²) in [4.78, 5) is 22.8. The Morgan fingerprint density at radius 3 is 2.64 bits per heavy atom. The summed E-state index contributed by atoms with van der Waals surface area (Å²) < 4.78 is 0. The molecule has 0 aromatic carbocycles. The van der Waals surface area contributed by atoms with Gasteiger partial charge in [0.05, 0.1) is 6.10 Å². The van der Waals surface area contributed by atoms with Crippen LogP contribution in [0.2, 0.25) is 0 Å². The van der Waals surface area contributed by atoms with E-state index in [0.717, 1.165) is 32.1 Å². The second-order valence-electron chi connectivity index (χ2n) is 7.25. The lowest BCUT2D eigenvalue weighted by molar-refractivity contribution is -0.137. The number of carbonyl (C=O) groups excluding carboxylic acids is 1. The van der Waals surface area contributed by atoms with Crippen molar-refractivity contribution in [1.82, 2.24) is 0 Å². The SMILES string of the molecule is CC/C=C\CC(O)/C=C/C1C(C)CC(=O)C1CCCCCCC(=O)O. The molecule has 4 atom stereocenters. The van der Waals surface area contributed by atoms with Gasteiger partial charge in [-0.1, -0.05) is 57.4 Å². The number of hydrogen-bond donors (Lipinski definition) is 2. The van der Waals surface area contributed by atoms with E-state index in [1.54, 1.807) is 0 Å². The number of ketones is 1. The molecule has 4 nitrogen and oxygen atoms in total.